The van der Waals surface area contributed by atoms with E-state index in [1.54, 1.807) is 12.2 Å². The molecule has 2 fully saturated rings. The summed E-state index contributed by atoms with van der Waals surface area (Å²) in [5, 5.41) is 0. The van der Waals surface area contributed by atoms with Crippen LogP contribution in [-0.2, 0) is 4.79 Å². The number of rotatable bonds is 0. The lowest BCUT2D eigenvalue weighted by Crippen LogP contribution is -2.61. The number of alkyl halides is 2. The molecule has 0 N–H and O–H groups in total. The summed E-state index contributed by atoms with van der Waals surface area (Å²) >= 11 is 0. The van der Waals surface area contributed by atoms with Gasteiger partial charge >= 0.3 is 0 Å². The molecule has 0 unspecified atom stereocenters. The van der Waals surface area contributed by atoms with E-state index in [0.29, 0.717) is 6.42 Å². The number of carbonyl (C=O) groups is 1. The maximum atomic E-state index is 15.9. The summed E-state index contributed by atoms with van der Waals surface area (Å²) in [5.41, 5.74) is -5.69. The zero-order valence-corrected chi connectivity index (χ0v) is 11.6. The van der Waals surface area contributed by atoms with Gasteiger partial charge in [-0.05, 0) is 24.7 Å². The van der Waals surface area contributed by atoms with Crippen LogP contribution < -0.4 is 0 Å². The SMILES string of the molecule is O=C1[C@]2(F)C(F)=C(F)[C@H]3[C@@H]([C@@H]4C=C[C@H]3C4)[C@@]1(F)[C@@H]1C=C[C@H]2C1. The van der Waals surface area contributed by atoms with E-state index in [-0.39, 0.29) is 18.3 Å². The van der Waals surface area contributed by atoms with E-state index in [9.17, 15) is 13.6 Å². The molecule has 5 aliphatic rings. The number of fused-ring (bicyclic) bond motifs is 12. The molecule has 116 valence electrons. The van der Waals surface area contributed by atoms with Gasteiger partial charge in [-0.3, -0.25) is 4.79 Å². The average molecular weight is 310 g/mol. The van der Waals surface area contributed by atoms with Crippen molar-refractivity contribution in [1.82, 2.24) is 0 Å². The summed E-state index contributed by atoms with van der Waals surface area (Å²) in [6.07, 6.45) is 6.91. The molecular weight excluding hydrogens is 296 g/mol. The molecule has 22 heavy (non-hydrogen) atoms. The summed E-state index contributed by atoms with van der Waals surface area (Å²) in [4.78, 5) is 12.7. The Morgan fingerprint density at radius 1 is 0.955 bits per heavy atom. The first kappa shape index (κ1) is 13.1. The maximum absolute atomic E-state index is 15.9. The molecule has 1 nitrogen and oxygen atoms in total. The predicted molar refractivity (Wildman–Crippen MR) is 70.4 cm³/mol. The molecule has 0 spiro atoms. The van der Waals surface area contributed by atoms with Crippen LogP contribution in [0.2, 0.25) is 0 Å². The van der Waals surface area contributed by atoms with E-state index in [1.165, 1.54) is 12.2 Å². The van der Waals surface area contributed by atoms with Crippen molar-refractivity contribution in [1.29, 1.82) is 0 Å². The fourth-order valence-corrected chi connectivity index (χ4v) is 5.64. The fourth-order valence-electron chi connectivity index (χ4n) is 5.64. The van der Waals surface area contributed by atoms with E-state index >= 15 is 8.78 Å². The van der Waals surface area contributed by atoms with Crippen molar-refractivity contribution in [3.63, 3.8) is 0 Å². The van der Waals surface area contributed by atoms with Crippen LogP contribution in [0.1, 0.15) is 12.8 Å². The second-order valence-electron chi connectivity index (χ2n) is 7.30. The molecule has 0 radical (unpaired) electrons. The van der Waals surface area contributed by atoms with Crippen LogP contribution in [0, 0.1) is 35.5 Å². The third-order valence-corrected chi connectivity index (χ3v) is 6.58. The molecule has 6 bridgehead atoms. The van der Waals surface area contributed by atoms with Crippen LogP contribution in [0.25, 0.3) is 0 Å². The van der Waals surface area contributed by atoms with Crippen molar-refractivity contribution in [3.8, 4) is 0 Å². The van der Waals surface area contributed by atoms with Crippen molar-refractivity contribution >= 4 is 5.78 Å². The van der Waals surface area contributed by atoms with Gasteiger partial charge < -0.3 is 0 Å². The monoisotopic (exact) mass is 310 g/mol. The lowest BCUT2D eigenvalue weighted by atomic mass is 9.61. The number of hydrogen-bond donors (Lipinski definition) is 0. The smallest absolute Gasteiger partial charge is 0.231 e. The first-order valence-electron chi connectivity index (χ1n) is 7.75. The second kappa shape index (κ2) is 3.57. The molecule has 0 heterocycles. The minimum Gasteiger partial charge on any atom is -0.292 e. The Balaban J connectivity index is 1.84. The molecule has 5 rings (SSSR count). The number of ketones is 1. The van der Waals surface area contributed by atoms with Gasteiger partial charge in [0.25, 0.3) is 0 Å². The largest absolute Gasteiger partial charge is 0.292 e. The van der Waals surface area contributed by atoms with Crippen molar-refractivity contribution in [3.05, 3.63) is 36.0 Å². The quantitative estimate of drug-likeness (QED) is 0.491. The van der Waals surface area contributed by atoms with Crippen LogP contribution in [-0.4, -0.2) is 17.1 Å². The normalized spacial score (nSPS) is 57.5. The third-order valence-electron chi connectivity index (χ3n) is 6.58. The number of carbonyl (C=O) groups excluding carboxylic acids is 1. The first-order valence-corrected chi connectivity index (χ1v) is 7.75. The van der Waals surface area contributed by atoms with Crippen LogP contribution in [0.15, 0.2) is 36.0 Å². The lowest BCUT2D eigenvalue weighted by molar-refractivity contribution is -0.159. The Kier molecular flexibility index (Phi) is 2.12. The molecule has 0 aromatic rings. The molecule has 0 aliphatic heterocycles. The summed E-state index contributed by atoms with van der Waals surface area (Å²) in [7, 11) is 0. The van der Waals surface area contributed by atoms with Crippen LogP contribution in [0.4, 0.5) is 17.6 Å². The third kappa shape index (κ3) is 1.09. The molecule has 8 atom stereocenters. The Hall–Kier alpha value is -1.39. The fraction of sp³-hybridized carbons (Fsp3) is 0.588. The highest BCUT2D eigenvalue weighted by Crippen LogP contribution is 2.66. The van der Waals surface area contributed by atoms with E-state index in [2.05, 4.69) is 0 Å². The second-order valence-corrected chi connectivity index (χ2v) is 7.30. The Morgan fingerprint density at radius 3 is 2.41 bits per heavy atom. The highest BCUT2D eigenvalue weighted by Gasteiger charge is 2.75. The van der Waals surface area contributed by atoms with Gasteiger partial charge in [0.2, 0.25) is 11.5 Å². The van der Waals surface area contributed by atoms with Gasteiger partial charge in [-0.25, -0.2) is 17.6 Å². The Morgan fingerprint density at radius 2 is 1.64 bits per heavy atom. The van der Waals surface area contributed by atoms with Crippen molar-refractivity contribution in [2.24, 2.45) is 35.5 Å². The minimum absolute atomic E-state index is 0.0315. The zero-order valence-electron chi connectivity index (χ0n) is 11.6. The van der Waals surface area contributed by atoms with Gasteiger partial charge in [0.05, 0.1) is 0 Å². The van der Waals surface area contributed by atoms with Gasteiger partial charge in [0, 0.05) is 23.7 Å². The van der Waals surface area contributed by atoms with Gasteiger partial charge in [-0.15, -0.1) is 0 Å². The summed E-state index contributed by atoms with van der Waals surface area (Å²) in [6.45, 7) is 0. The predicted octanol–water partition coefficient (Wildman–Crippen LogP) is 3.78. The highest BCUT2D eigenvalue weighted by molar-refractivity contribution is 6.00. The van der Waals surface area contributed by atoms with Crippen molar-refractivity contribution in [2.75, 3.05) is 0 Å². The standard InChI is InChI=1S/C17H14F4O/c18-13-11-7-1-2-8(5-7)12(11)16(20)9-3-4-10(6-9)17(21,14(13)19)15(16)22/h1-4,7-12H,5-6H2/t7-,8+,9+,10-,11+,12+,16-,17+/m0/s1. The molecule has 5 aliphatic carbocycles. The van der Waals surface area contributed by atoms with E-state index in [4.69, 9.17) is 0 Å². The summed E-state index contributed by atoms with van der Waals surface area (Å²) in [6, 6.07) is 0. The number of allylic oxidation sites excluding steroid dienone is 6. The molecule has 2 saturated carbocycles. The van der Waals surface area contributed by atoms with E-state index < -0.39 is 52.4 Å². The van der Waals surface area contributed by atoms with E-state index in [0.717, 1.165) is 0 Å². The number of halogens is 4. The molecule has 0 amide bonds. The lowest BCUT2D eigenvalue weighted by Gasteiger charge is -2.45. The van der Waals surface area contributed by atoms with E-state index in [1.807, 2.05) is 0 Å². The average Bonchev–Trinajstić information content (AvgIpc) is 3.22. The van der Waals surface area contributed by atoms with Crippen molar-refractivity contribution in [2.45, 2.75) is 24.2 Å². The van der Waals surface area contributed by atoms with Crippen molar-refractivity contribution < 1.29 is 22.4 Å². The molecule has 0 aromatic heterocycles. The Labute approximate surface area is 124 Å². The Bertz CT molecular complexity index is 695. The van der Waals surface area contributed by atoms with Crippen LogP contribution in [0.5, 0.6) is 0 Å². The van der Waals surface area contributed by atoms with Gasteiger partial charge in [-0.2, -0.15) is 0 Å². The van der Waals surface area contributed by atoms with Crippen LogP contribution >= 0.6 is 0 Å². The van der Waals surface area contributed by atoms with Gasteiger partial charge in [0.1, 0.15) is 5.83 Å². The topological polar surface area (TPSA) is 17.1 Å². The number of Topliss-reactive ketones (excluding diaryl/α,β-unsaturated/α-hetero) is 1. The summed E-state index contributed by atoms with van der Waals surface area (Å²) < 4.78 is 60.5. The maximum Gasteiger partial charge on any atom is 0.231 e. The highest BCUT2D eigenvalue weighted by atomic mass is 19.2. The molecular formula is C17H14F4O. The molecule has 5 heteroatoms. The van der Waals surface area contributed by atoms with Crippen LogP contribution in [0.3, 0.4) is 0 Å². The summed E-state index contributed by atoms with van der Waals surface area (Å²) in [5.74, 6) is -8.88. The first-order chi connectivity index (χ1) is 10.4. The zero-order chi connectivity index (χ0) is 15.4. The molecule has 0 saturated heterocycles. The molecule has 0 aromatic carbocycles. The number of hydrogen-bond acceptors (Lipinski definition) is 1. The minimum atomic E-state index is -3.17. The van der Waals surface area contributed by atoms with Gasteiger partial charge in [-0.1, -0.05) is 24.3 Å². The van der Waals surface area contributed by atoms with Gasteiger partial charge in [0.15, 0.2) is 11.5 Å².